The highest BCUT2D eigenvalue weighted by Gasteiger charge is 2.24. The number of amides is 1. The fourth-order valence-electron chi connectivity index (χ4n) is 3.15. The van der Waals surface area contributed by atoms with Gasteiger partial charge in [0, 0.05) is 0 Å². The number of rotatable bonds is 7. The number of hydrogen-bond acceptors (Lipinski definition) is 6. The van der Waals surface area contributed by atoms with E-state index in [0.29, 0.717) is 47.9 Å². The largest absolute Gasteiger partial charge is 0.497 e. The van der Waals surface area contributed by atoms with Crippen LogP contribution in [-0.4, -0.2) is 25.3 Å². The molecule has 0 radical (unpaired) electrons. The summed E-state index contributed by atoms with van der Waals surface area (Å²) in [4.78, 5) is 17.4. The van der Waals surface area contributed by atoms with Gasteiger partial charge in [-0.2, -0.15) is 0 Å². The summed E-state index contributed by atoms with van der Waals surface area (Å²) < 4.78 is 16.5. The molecule has 1 aliphatic heterocycles. The molecule has 1 N–H and O–H groups in total. The molecule has 3 aromatic carbocycles. The zero-order valence-corrected chi connectivity index (χ0v) is 21.7. The van der Waals surface area contributed by atoms with Crippen LogP contribution < -0.4 is 19.5 Å². The number of hydrogen-bond donors (Lipinski definition) is 1. The number of halogens is 3. The number of benzene rings is 3. The van der Waals surface area contributed by atoms with Gasteiger partial charge in [0.25, 0.3) is 5.91 Å². The van der Waals surface area contributed by atoms with Crippen molar-refractivity contribution in [2.24, 2.45) is 4.99 Å². The standard InChI is InChI=1S/C25H19Cl3N2O4S/c1-32-17-6-4-16(5-7-17)29-25-30-24(31)22(35-25)12-15-10-20(28)23(21(11-15)33-2)34-13-14-3-8-18(26)19(27)9-14/h3-12H,13H2,1-2H3,(H,29,30,31)/b22-12+. The van der Waals surface area contributed by atoms with Crippen molar-refractivity contribution < 1.29 is 19.0 Å². The second kappa shape index (κ2) is 11.3. The lowest BCUT2D eigenvalue weighted by atomic mass is 10.1. The molecule has 1 fully saturated rings. The average Bonchev–Trinajstić information content (AvgIpc) is 3.18. The predicted molar refractivity (Wildman–Crippen MR) is 143 cm³/mol. The lowest BCUT2D eigenvalue weighted by Crippen LogP contribution is -2.19. The van der Waals surface area contributed by atoms with Gasteiger partial charge in [-0.3, -0.25) is 4.79 Å². The Morgan fingerprint density at radius 3 is 2.40 bits per heavy atom. The van der Waals surface area contributed by atoms with E-state index in [0.717, 1.165) is 11.3 Å². The number of carbonyl (C=O) groups excluding carboxylic acids is 1. The smallest absolute Gasteiger partial charge is 0.264 e. The number of aliphatic imine (C=N–C) groups is 1. The molecule has 1 amide bonds. The first kappa shape index (κ1) is 25.3. The molecule has 0 aromatic heterocycles. The highest BCUT2D eigenvalue weighted by Crippen LogP contribution is 2.39. The van der Waals surface area contributed by atoms with Gasteiger partial charge >= 0.3 is 0 Å². The number of nitrogens with zero attached hydrogens (tertiary/aromatic N) is 1. The molecule has 180 valence electrons. The third-order valence-electron chi connectivity index (χ3n) is 4.87. The van der Waals surface area contributed by atoms with E-state index in [1.807, 2.05) is 18.2 Å². The summed E-state index contributed by atoms with van der Waals surface area (Å²) in [6.07, 6.45) is 1.72. The number of amidine groups is 1. The topological polar surface area (TPSA) is 69.2 Å². The molecule has 0 saturated carbocycles. The molecular weight excluding hydrogens is 531 g/mol. The Labute approximate surface area is 221 Å². The summed E-state index contributed by atoms with van der Waals surface area (Å²) in [5.74, 6) is 1.29. The van der Waals surface area contributed by atoms with Crippen molar-refractivity contribution in [2.75, 3.05) is 14.2 Å². The van der Waals surface area contributed by atoms with Crippen LogP contribution in [0.2, 0.25) is 15.1 Å². The zero-order chi connectivity index (χ0) is 24.9. The van der Waals surface area contributed by atoms with Crippen LogP contribution in [-0.2, 0) is 11.4 Å². The molecule has 10 heteroatoms. The van der Waals surface area contributed by atoms with Crippen molar-refractivity contribution in [3.63, 3.8) is 0 Å². The SMILES string of the molecule is COc1ccc(N=C2NC(=O)/C(=C\c3cc(Cl)c(OCc4ccc(Cl)c(Cl)c4)c(OC)c3)S2)cc1. The predicted octanol–water partition coefficient (Wildman–Crippen LogP) is 7.13. The van der Waals surface area contributed by atoms with Crippen LogP contribution in [0.4, 0.5) is 5.69 Å². The molecule has 35 heavy (non-hydrogen) atoms. The normalized spacial score (nSPS) is 15.4. The molecular formula is C25H19Cl3N2O4S. The van der Waals surface area contributed by atoms with Crippen molar-refractivity contribution in [3.05, 3.63) is 85.7 Å². The van der Waals surface area contributed by atoms with E-state index in [9.17, 15) is 4.79 Å². The summed E-state index contributed by atoms with van der Waals surface area (Å²) in [6, 6.07) is 15.9. The molecule has 0 aliphatic carbocycles. The molecule has 0 spiro atoms. The van der Waals surface area contributed by atoms with Gasteiger partial charge in [0.2, 0.25) is 0 Å². The Kier molecular flexibility index (Phi) is 8.13. The minimum atomic E-state index is -0.253. The summed E-state index contributed by atoms with van der Waals surface area (Å²) in [5, 5.41) is 4.49. The van der Waals surface area contributed by atoms with E-state index in [-0.39, 0.29) is 12.5 Å². The van der Waals surface area contributed by atoms with E-state index in [2.05, 4.69) is 10.3 Å². The summed E-state index contributed by atoms with van der Waals surface area (Å²) >= 11 is 19.8. The molecule has 4 rings (SSSR count). The van der Waals surface area contributed by atoms with Crippen LogP contribution >= 0.6 is 46.6 Å². The van der Waals surface area contributed by atoms with Gasteiger partial charge in [-0.15, -0.1) is 0 Å². The maximum atomic E-state index is 12.5. The Hall–Kier alpha value is -2.84. The lowest BCUT2D eigenvalue weighted by Gasteiger charge is -2.14. The summed E-state index contributed by atoms with van der Waals surface area (Å²) in [7, 11) is 3.12. The van der Waals surface area contributed by atoms with Gasteiger partial charge in [0.15, 0.2) is 16.7 Å². The first-order chi connectivity index (χ1) is 16.9. The van der Waals surface area contributed by atoms with Crippen molar-refractivity contribution >= 4 is 69.4 Å². The fourth-order valence-corrected chi connectivity index (χ4v) is 4.59. The Balaban J connectivity index is 1.51. The van der Waals surface area contributed by atoms with Gasteiger partial charge < -0.3 is 19.5 Å². The van der Waals surface area contributed by atoms with Crippen LogP contribution in [0.15, 0.2) is 64.5 Å². The van der Waals surface area contributed by atoms with Crippen molar-refractivity contribution in [1.82, 2.24) is 5.32 Å². The van der Waals surface area contributed by atoms with Crippen molar-refractivity contribution in [2.45, 2.75) is 6.61 Å². The number of methoxy groups -OCH3 is 2. The van der Waals surface area contributed by atoms with Crippen LogP contribution in [0.25, 0.3) is 6.08 Å². The van der Waals surface area contributed by atoms with E-state index in [1.54, 1.807) is 49.6 Å². The van der Waals surface area contributed by atoms with Crippen LogP contribution in [0.5, 0.6) is 17.2 Å². The van der Waals surface area contributed by atoms with Gasteiger partial charge in [-0.1, -0.05) is 40.9 Å². The number of ether oxygens (including phenoxy) is 3. The van der Waals surface area contributed by atoms with Crippen molar-refractivity contribution in [1.29, 1.82) is 0 Å². The molecule has 0 atom stereocenters. The first-order valence-corrected chi connectivity index (χ1v) is 12.2. The van der Waals surface area contributed by atoms with Crippen LogP contribution in [0.3, 0.4) is 0 Å². The number of nitrogens with one attached hydrogen (secondary N) is 1. The fraction of sp³-hybridized carbons (Fsp3) is 0.120. The average molecular weight is 550 g/mol. The molecule has 1 saturated heterocycles. The minimum Gasteiger partial charge on any atom is -0.497 e. The Bertz CT molecular complexity index is 1330. The summed E-state index contributed by atoms with van der Waals surface area (Å²) in [6.45, 7) is 0.219. The quantitative estimate of drug-likeness (QED) is 0.317. The third-order valence-corrected chi connectivity index (χ3v) is 6.80. The molecule has 1 aliphatic rings. The van der Waals surface area contributed by atoms with Gasteiger partial charge in [-0.25, -0.2) is 4.99 Å². The van der Waals surface area contributed by atoms with E-state index in [1.165, 1.54) is 18.9 Å². The highest BCUT2D eigenvalue weighted by atomic mass is 35.5. The van der Waals surface area contributed by atoms with E-state index < -0.39 is 0 Å². The zero-order valence-electron chi connectivity index (χ0n) is 18.6. The minimum absolute atomic E-state index is 0.219. The number of carbonyl (C=O) groups is 1. The highest BCUT2D eigenvalue weighted by molar-refractivity contribution is 8.18. The Morgan fingerprint density at radius 2 is 1.71 bits per heavy atom. The second-order valence-electron chi connectivity index (χ2n) is 7.25. The monoisotopic (exact) mass is 548 g/mol. The van der Waals surface area contributed by atoms with Gasteiger partial charge in [-0.05, 0) is 77.5 Å². The third kappa shape index (κ3) is 6.24. The van der Waals surface area contributed by atoms with Crippen molar-refractivity contribution in [3.8, 4) is 17.2 Å². The maximum Gasteiger partial charge on any atom is 0.264 e. The first-order valence-electron chi connectivity index (χ1n) is 10.2. The summed E-state index contributed by atoms with van der Waals surface area (Å²) in [5.41, 5.74) is 2.20. The number of thioether (sulfide) groups is 1. The second-order valence-corrected chi connectivity index (χ2v) is 9.50. The van der Waals surface area contributed by atoms with Crippen LogP contribution in [0, 0.1) is 0 Å². The van der Waals surface area contributed by atoms with Gasteiger partial charge in [0.1, 0.15) is 12.4 Å². The Morgan fingerprint density at radius 1 is 0.943 bits per heavy atom. The molecule has 6 nitrogen and oxygen atoms in total. The molecule has 0 unspecified atom stereocenters. The van der Waals surface area contributed by atoms with Crippen LogP contribution in [0.1, 0.15) is 11.1 Å². The molecule has 0 bridgehead atoms. The lowest BCUT2D eigenvalue weighted by molar-refractivity contribution is -0.115. The van der Waals surface area contributed by atoms with E-state index in [4.69, 9.17) is 49.0 Å². The maximum absolute atomic E-state index is 12.5. The van der Waals surface area contributed by atoms with Gasteiger partial charge in [0.05, 0.1) is 39.9 Å². The van der Waals surface area contributed by atoms with E-state index >= 15 is 0 Å². The molecule has 1 heterocycles. The molecule has 3 aromatic rings.